The first kappa shape index (κ1) is 54.3. The van der Waals surface area contributed by atoms with Gasteiger partial charge in [-0.2, -0.15) is 0 Å². The van der Waals surface area contributed by atoms with Gasteiger partial charge in [-0.25, -0.2) is 4.79 Å². The third-order valence-electron chi connectivity index (χ3n) is 14.9. The quantitative estimate of drug-likeness (QED) is 0.155. The van der Waals surface area contributed by atoms with Crippen LogP contribution in [0.3, 0.4) is 0 Å². The molecule has 1 amide bonds. The second-order valence-corrected chi connectivity index (χ2v) is 20.0. The Morgan fingerprint density at radius 1 is 0.846 bits per heavy atom. The second kappa shape index (κ2) is 25.2. The molecule has 1 saturated carbocycles. The second-order valence-electron chi connectivity index (χ2n) is 20.0. The van der Waals surface area contributed by atoms with E-state index in [1.807, 2.05) is 65.0 Å². The maximum absolute atomic E-state index is 14.4. The number of ketones is 3. The summed E-state index contributed by atoms with van der Waals surface area (Å²) >= 11 is 0. The number of allylic oxidation sites excluding steroid dienone is 6. The predicted octanol–water partition coefficient (Wildman–Crippen LogP) is 7.25. The molecule has 0 aromatic carbocycles. The molecular weight excluding hydrogens is 831 g/mol. The Kier molecular flexibility index (Phi) is 21.0. The lowest BCUT2D eigenvalue weighted by Crippen LogP contribution is -2.59. The Morgan fingerprint density at radius 3 is 2.25 bits per heavy atom. The monoisotopic (exact) mass is 912 g/mol. The van der Waals surface area contributed by atoms with Crippen molar-refractivity contribution in [1.29, 1.82) is 0 Å². The largest absolute Gasteiger partial charge is 0.460 e. The molecule has 4 aliphatic rings. The van der Waals surface area contributed by atoms with Crippen molar-refractivity contribution in [3.05, 3.63) is 47.6 Å². The van der Waals surface area contributed by atoms with Gasteiger partial charge in [0.25, 0.3) is 11.7 Å². The lowest BCUT2D eigenvalue weighted by Gasteiger charge is -2.44. The standard InChI is InChI=1S/C52H81NO12/c1-31-17-13-12-14-18-32(2)43(61-9)29-39-22-20-37(7)52(8,65-39)49(58)50(59)53-24-16-15-19-40(53)51(60)64-44(34(4)27-38-21-23-41(54)45(28-38)62-10)30-42(55)33(3)26-36(6)47(57)48(63-11)46(56)35(5)25-31/h12-14,17-18,26,31,33-35,37-41,43-45,47-48,54,57H,15-16,19-25,27-30H2,1-11H3/b14-12+,17-13+,32-18+,36-26+/t31-,33?,34?,35?,37-,38?,39+,40+,41-,43+,44+,45?,47-,48?,52-/m1/s1. The van der Waals surface area contributed by atoms with Crippen LogP contribution >= 0.6 is 0 Å². The van der Waals surface area contributed by atoms with Crippen LogP contribution in [-0.2, 0) is 47.7 Å². The Bertz CT molecular complexity index is 1750. The van der Waals surface area contributed by atoms with E-state index in [9.17, 15) is 34.2 Å². The Hall–Kier alpha value is -3.33. The zero-order chi connectivity index (χ0) is 48.2. The maximum atomic E-state index is 14.4. The van der Waals surface area contributed by atoms with Gasteiger partial charge in [-0.15, -0.1) is 0 Å². The molecule has 15 atom stereocenters. The fraction of sp³-hybridized carbons (Fsp3) is 0.750. The molecule has 2 N–H and O–H groups in total. The van der Waals surface area contributed by atoms with Crippen molar-refractivity contribution in [2.24, 2.45) is 35.5 Å². The van der Waals surface area contributed by atoms with Crippen LogP contribution in [0.2, 0.25) is 0 Å². The molecular formula is C52H81NO12. The lowest BCUT2D eigenvalue weighted by atomic mass is 9.78. The number of carbonyl (C=O) groups is 5. The van der Waals surface area contributed by atoms with E-state index in [0.717, 1.165) is 12.0 Å². The Labute approximate surface area is 388 Å². The van der Waals surface area contributed by atoms with Gasteiger partial charge in [-0.1, -0.05) is 71.1 Å². The predicted molar refractivity (Wildman–Crippen MR) is 249 cm³/mol. The molecule has 65 heavy (non-hydrogen) atoms. The van der Waals surface area contributed by atoms with Gasteiger partial charge in [-0.05, 0) is 120 Å². The minimum atomic E-state index is -1.43. The number of hydrogen-bond acceptors (Lipinski definition) is 12. The van der Waals surface area contributed by atoms with Gasteiger partial charge in [0, 0.05) is 52.6 Å². The van der Waals surface area contributed by atoms with Crippen molar-refractivity contribution in [2.45, 2.75) is 187 Å². The normalized spacial score (nSPS) is 40.4. The van der Waals surface area contributed by atoms with Crippen molar-refractivity contribution < 1.29 is 57.9 Å². The molecule has 0 spiro atoms. The van der Waals surface area contributed by atoms with Crippen LogP contribution in [0, 0.1) is 35.5 Å². The molecule has 13 nitrogen and oxygen atoms in total. The SMILES string of the molecule is COC1CC(CC(C)[C@@H]2CC(=O)C(C)/C=C(\C)[C@@H](O)C(OC)C(=O)C(C)C[C@H](C)/C=C/C=C/C=C(\C)[C@@H](OC)C[C@@H]3CC[C@@H](C)[C@@](C)(O3)C(=O)C(=O)N3CCCC[C@H]3C(=O)O2)CC[C@H]1O. The van der Waals surface area contributed by atoms with Gasteiger partial charge in [0.1, 0.15) is 35.7 Å². The van der Waals surface area contributed by atoms with E-state index in [1.165, 1.54) is 12.0 Å². The van der Waals surface area contributed by atoms with Crippen molar-refractivity contribution in [2.75, 3.05) is 27.9 Å². The molecule has 2 bridgehead atoms. The van der Waals surface area contributed by atoms with E-state index in [0.29, 0.717) is 69.8 Å². The van der Waals surface area contributed by atoms with Crippen LogP contribution in [0.1, 0.15) is 132 Å². The summed E-state index contributed by atoms with van der Waals surface area (Å²) in [6.07, 6.45) is 12.9. The van der Waals surface area contributed by atoms with Crippen LogP contribution in [0.15, 0.2) is 47.6 Å². The number of rotatable bonds is 6. The van der Waals surface area contributed by atoms with Crippen LogP contribution in [0.4, 0.5) is 0 Å². The summed E-state index contributed by atoms with van der Waals surface area (Å²) in [7, 11) is 4.61. The fourth-order valence-electron chi connectivity index (χ4n) is 10.3. The summed E-state index contributed by atoms with van der Waals surface area (Å²) in [4.78, 5) is 72.4. The number of ether oxygens (including phenoxy) is 5. The number of carbonyl (C=O) groups excluding carboxylic acids is 5. The highest BCUT2D eigenvalue weighted by Gasteiger charge is 2.51. The molecule has 0 radical (unpaired) electrons. The van der Waals surface area contributed by atoms with Crippen molar-refractivity contribution in [1.82, 2.24) is 4.90 Å². The number of nitrogens with zero attached hydrogens (tertiary/aromatic N) is 1. The van der Waals surface area contributed by atoms with E-state index < -0.39 is 65.6 Å². The summed E-state index contributed by atoms with van der Waals surface area (Å²) in [5, 5.41) is 21.9. The van der Waals surface area contributed by atoms with Crippen molar-refractivity contribution in [3.8, 4) is 0 Å². The van der Waals surface area contributed by atoms with Crippen LogP contribution < -0.4 is 0 Å². The van der Waals surface area contributed by atoms with Gasteiger partial charge < -0.3 is 38.8 Å². The highest BCUT2D eigenvalue weighted by atomic mass is 16.5. The van der Waals surface area contributed by atoms with Crippen molar-refractivity contribution in [3.63, 3.8) is 0 Å². The number of aliphatic hydroxyl groups is 2. The highest BCUT2D eigenvalue weighted by Crippen LogP contribution is 2.39. The highest BCUT2D eigenvalue weighted by molar-refractivity contribution is 6.39. The molecule has 3 fully saturated rings. The van der Waals surface area contributed by atoms with Crippen LogP contribution in [0.25, 0.3) is 0 Å². The Morgan fingerprint density at radius 2 is 1.57 bits per heavy atom. The summed E-state index contributed by atoms with van der Waals surface area (Å²) in [5.41, 5.74) is -0.0596. The van der Waals surface area contributed by atoms with Crippen LogP contribution in [-0.4, -0.2) is 127 Å². The summed E-state index contributed by atoms with van der Waals surface area (Å²) in [6.45, 7) is 15.0. The molecule has 366 valence electrons. The maximum Gasteiger partial charge on any atom is 0.329 e. The molecule has 2 saturated heterocycles. The third kappa shape index (κ3) is 14.3. The molecule has 1 aliphatic carbocycles. The molecule has 13 heteroatoms. The average molecular weight is 912 g/mol. The number of aliphatic hydroxyl groups excluding tert-OH is 2. The zero-order valence-electron chi connectivity index (χ0n) is 41.2. The first-order chi connectivity index (χ1) is 30.7. The minimum Gasteiger partial charge on any atom is -0.460 e. The number of Topliss-reactive ketones (excluding diaryl/α,β-unsaturated/α-hetero) is 3. The van der Waals surface area contributed by atoms with Gasteiger partial charge in [0.2, 0.25) is 0 Å². The van der Waals surface area contributed by atoms with E-state index in [-0.39, 0.29) is 66.5 Å². The van der Waals surface area contributed by atoms with Gasteiger partial charge in [0.05, 0.1) is 24.4 Å². The minimum absolute atomic E-state index is 0.0430. The molecule has 4 rings (SSSR count). The number of fused-ring (bicyclic) bond motifs is 3. The van der Waals surface area contributed by atoms with Crippen molar-refractivity contribution >= 4 is 29.2 Å². The number of cyclic esters (lactones) is 1. The number of methoxy groups -OCH3 is 3. The number of esters is 1. The first-order valence-electron chi connectivity index (χ1n) is 24.2. The van der Waals surface area contributed by atoms with Gasteiger partial charge in [-0.3, -0.25) is 19.2 Å². The van der Waals surface area contributed by atoms with Gasteiger partial charge in [0.15, 0.2) is 5.78 Å². The van der Waals surface area contributed by atoms with E-state index in [2.05, 4.69) is 0 Å². The topological polar surface area (TPSA) is 175 Å². The summed E-state index contributed by atoms with van der Waals surface area (Å²) in [6, 6.07) is -1.03. The molecule has 3 heterocycles. The summed E-state index contributed by atoms with van der Waals surface area (Å²) in [5.74, 6) is -4.13. The Balaban J connectivity index is 1.70. The lowest BCUT2D eigenvalue weighted by molar-refractivity contribution is -0.184. The van der Waals surface area contributed by atoms with E-state index >= 15 is 0 Å². The van der Waals surface area contributed by atoms with Gasteiger partial charge >= 0.3 is 5.97 Å². The number of amides is 1. The molecule has 0 aromatic heterocycles. The zero-order valence-corrected chi connectivity index (χ0v) is 41.2. The molecule has 0 aromatic rings. The van der Waals surface area contributed by atoms with E-state index in [4.69, 9.17) is 23.7 Å². The van der Waals surface area contributed by atoms with Crippen LogP contribution in [0.5, 0.6) is 0 Å². The number of piperidine rings is 1. The molecule has 3 aliphatic heterocycles. The number of hydrogen-bond donors (Lipinski definition) is 2. The third-order valence-corrected chi connectivity index (χ3v) is 14.9. The smallest absolute Gasteiger partial charge is 0.329 e. The average Bonchev–Trinajstić information content (AvgIpc) is 3.28. The molecule has 6 unspecified atom stereocenters. The summed E-state index contributed by atoms with van der Waals surface area (Å²) < 4.78 is 30.0. The first-order valence-corrected chi connectivity index (χ1v) is 24.2. The van der Waals surface area contributed by atoms with E-state index in [1.54, 1.807) is 41.1 Å². The fourth-order valence-corrected chi connectivity index (χ4v) is 10.3.